The van der Waals surface area contributed by atoms with Gasteiger partial charge in [0.15, 0.2) is 5.96 Å². The molecule has 1 N–H and O–H groups in total. The zero-order chi connectivity index (χ0) is 17.6. The van der Waals surface area contributed by atoms with Crippen molar-refractivity contribution in [1.82, 2.24) is 14.8 Å². The predicted molar refractivity (Wildman–Crippen MR) is 118 cm³/mol. The molecular formula is C20H27IN4O. The molecule has 6 heteroatoms. The lowest BCUT2D eigenvalue weighted by Crippen LogP contribution is -2.43. The van der Waals surface area contributed by atoms with Gasteiger partial charge in [0.1, 0.15) is 5.75 Å². The van der Waals surface area contributed by atoms with E-state index in [0.29, 0.717) is 0 Å². The van der Waals surface area contributed by atoms with Gasteiger partial charge in [0.2, 0.25) is 0 Å². The average Bonchev–Trinajstić information content (AvgIpc) is 3.08. The highest BCUT2D eigenvalue weighted by Gasteiger charge is 2.16. The van der Waals surface area contributed by atoms with Crippen molar-refractivity contribution < 1.29 is 4.74 Å². The smallest absolute Gasteiger partial charge is 0.194 e. The molecule has 5 nitrogen and oxygen atoms in total. The molecule has 1 aliphatic heterocycles. The maximum atomic E-state index is 5.33. The first-order valence-corrected chi connectivity index (χ1v) is 8.59. The Morgan fingerprint density at radius 2 is 2.15 bits per heavy atom. The molecule has 0 bridgehead atoms. The molecule has 0 amide bonds. The molecule has 0 aliphatic carbocycles. The first-order chi connectivity index (χ1) is 12.2. The van der Waals surface area contributed by atoms with E-state index in [9.17, 15) is 0 Å². The van der Waals surface area contributed by atoms with E-state index in [1.165, 1.54) is 16.7 Å². The van der Waals surface area contributed by atoms with E-state index in [1.807, 2.05) is 26.2 Å². The minimum atomic E-state index is 0. The van der Waals surface area contributed by atoms with Crippen molar-refractivity contribution in [2.75, 3.05) is 27.2 Å². The van der Waals surface area contributed by atoms with Gasteiger partial charge in [0, 0.05) is 46.1 Å². The first kappa shape index (κ1) is 20.4. The number of halogens is 1. The largest absolute Gasteiger partial charge is 0.497 e. The van der Waals surface area contributed by atoms with Crippen molar-refractivity contribution >= 4 is 35.5 Å². The summed E-state index contributed by atoms with van der Waals surface area (Å²) in [6.45, 7) is 2.61. The Kier molecular flexibility index (Phi) is 7.56. The third-order valence-electron chi connectivity index (χ3n) is 4.50. The highest BCUT2D eigenvalue weighted by Crippen LogP contribution is 2.25. The third kappa shape index (κ3) is 5.03. The zero-order valence-corrected chi connectivity index (χ0v) is 17.9. The highest BCUT2D eigenvalue weighted by atomic mass is 127. The van der Waals surface area contributed by atoms with Gasteiger partial charge in [-0.2, -0.15) is 0 Å². The number of nitrogens with one attached hydrogen (secondary N) is 1. The summed E-state index contributed by atoms with van der Waals surface area (Å²) in [4.78, 5) is 6.72. The standard InChI is InChI=1S/C20H26N4O.HI/c1-21-20(22-14-16-7-10-23(2)15-16)24-11-8-17(9-12-24)18-5-4-6-19(13-18)25-3;/h4-8,10,13,15H,9,11-12,14H2,1-3H3,(H,21,22);1H. The number of rotatable bonds is 4. The lowest BCUT2D eigenvalue weighted by atomic mass is 9.99. The van der Waals surface area contributed by atoms with E-state index in [4.69, 9.17) is 4.74 Å². The minimum Gasteiger partial charge on any atom is -0.497 e. The second-order valence-electron chi connectivity index (χ2n) is 6.24. The number of aryl methyl sites for hydroxylation is 1. The lowest BCUT2D eigenvalue weighted by Gasteiger charge is -2.29. The summed E-state index contributed by atoms with van der Waals surface area (Å²) in [5, 5.41) is 3.45. The molecule has 0 unspecified atom stereocenters. The van der Waals surface area contributed by atoms with Gasteiger partial charge in [-0.1, -0.05) is 18.2 Å². The zero-order valence-electron chi connectivity index (χ0n) is 15.6. The van der Waals surface area contributed by atoms with Crippen LogP contribution in [0.1, 0.15) is 17.5 Å². The van der Waals surface area contributed by atoms with E-state index in [2.05, 4.69) is 56.4 Å². The first-order valence-electron chi connectivity index (χ1n) is 8.59. The van der Waals surface area contributed by atoms with Gasteiger partial charge >= 0.3 is 0 Å². The van der Waals surface area contributed by atoms with E-state index in [-0.39, 0.29) is 24.0 Å². The third-order valence-corrected chi connectivity index (χ3v) is 4.50. The normalized spacial score (nSPS) is 14.5. The Balaban J connectivity index is 0.00000243. The van der Waals surface area contributed by atoms with Gasteiger partial charge in [-0.15, -0.1) is 24.0 Å². The van der Waals surface area contributed by atoms with Crippen molar-refractivity contribution in [3.05, 3.63) is 59.9 Å². The number of hydrogen-bond donors (Lipinski definition) is 1. The van der Waals surface area contributed by atoms with Gasteiger partial charge in [-0.05, 0) is 41.3 Å². The van der Waals surface area contributed by atoms with Crippen molar-refractivity contribution in [3.63, 3.8) is 0 Å². The molecule has 1 aromatic carbocycles. The monoisotopic (exact) mass is 466 g/mol. The summed E-state index contributed by atoms with van der Waals surface area (Å²) >= 11 is 0. The fraction of sp³-hybridized carbons (Fsp3) is 0.350. The molecule has 2 aromatic rings. The Morgan fingerprint density at radius 3 is 2.77 bits per heavy atom. The van der Waals surface area contributed by atoms with Crippen LogP contribution in [0.2, 0.25) is 0 Å². The quantitative estimate of drug-likeness (QED) is 0.426. The molecule has 1 aromatic heterocycles. The van der Waals surface area contributed by atoms with Crippen molar-refractivity contribution in [1.29, 1.82) is 0 Å². The van der Waals surface area contributed by atoms with Gasteiger partial charge in [-0.25, -0.2) is 0 Å². The molecule has 140 valence electrons. The van der Waals surface area contributed by atoms with Crippen LogP contribution in [0.25, 0.3) is 5.57 Å². The maximum absolute atomic E-state index is 5.33. The summed E-state index contributed by atoms with van der Waals surface area (Å²) in [6.07, 6.45) is 7.47. The Labute approximate surface area is 172 Å². The van der Waals surface area contributed by atoms with Crippen LogP contribution in [-0.4, -0.2) is 42.7 Å². The number of aliphatic imine (C=N–C) groups is 1. The van der Waals surface area contributed by atoms with E-state index in [1.54, 1.807) is 7.11 Å². The molecule has 0 saturated heterocycles. The maximum Gasteiger partial charge on any atom is 0.194 e. The number of nitrogens with zero attached hydrogens (tertiary/aromatic N) is 3. The number of aromatic nitrogens is 1. The van der Waals surface area contributed by atoms with Gasteiger partial charge in [0.05, 0.1) is 7.11 Å². The molecule has 0 spiro atoms. The van der Waals surface area contributed by atoms with E-state index >= 15 is 0 Å². The Hall–Kier alpha value is -1.96. The van der Waals surface area contributed by atoms with Crippen LogP contribution < -0.4 is 10.1 Å². The molecule has 26 heavy (non-hydrogen) atoms. The van der Waals surface area contributed by atoms with Crippen LogP contribution in [0.15, 0.2) is 53.8 Å². The Bertz CT molecular complexity index is 782. The fourth-order valence-corrected chi connectivity index (χ4v) is 3.13. The fourth-order valence-electron chi connectivity index (χ4n) is 3.13. The van der Waals surface area contributed by atoms with Crippen LogP contribution >= 0.6 is 24.0 Å². The van der Waals surface area contributed by atoms with Crippen LogP contribution in [0.5, 0.6) is 5.75 Å². The van der Waals surface area contributed by atoms with Crippen molar-refractivity contribution in [3.8, 4) is 5.75 Å². The Morgan fingerprint density at radius 1 is 1.31 bits per heavy atom. The predicted octanol–water partition coefficient (Wildman–Crippen LogP) is 3.52. The number of benzene rings is 1. The second-order valence-corrected chi connectivity index (χ2v) is 6.24. The summed E-state index contributed by atoms with van der Waals surface area (Å²) < 4.78 is 7.39. The topological polar surface area (TPSA) is 41.8 Å². The SMILES string of the molecule is CN=C(NCc1ccn(C)c1)N1CC=C(c2cccc(OC)c2)CC1.I. The number of methoxy groups -OCH3 is 1. The van der Waals surface area contributed by atoms with E-state index < -0.39 is 0 Å². The summed E-state index contributed by atoms with van der Waals surface area (Å²) in [7, 11) is 5.58. The molecular weight excluding hydrogens is 439 g/mol. The molecule has 2 heterocycles. The summed E-state index contributed by atoms with van der Waals surface area (Å²) in [5.41, 5.74) is 3.87. The summed E-state index contributed by atoms with van der Waals surface area (Å²) in [6, 6.07) is 10.4. The van der Waals surface area contributed by atoms with Crippen LogP contribution in [0.4, 0.5) is 0 Å². The molecule has 0 radical (unpaired) electrons. The number of ether oxygens (including phenoxy) is 1. The number of guanidine groups is 1. The van der Waals surface area contributed by atoms with Crippen molar-refractivity contribution in [2.24, 2.45) is 12.0 Å². The minimum absolute atomic E-state index is 0. The van der Waals surface area contributed by atoms with Crippen LogP contribution in [0, 0.1) is 0 Å². The lowest BCUT2D eigenvalue weighted by molar-refractivity contribution is 0.414. The van der Waals surface area contributed by atoms with Crippen LogP contribution in [0.3, 0.4) is 0 Å². The second kappa shape index (κ2) is 9.66. The molecule has 0 atom stereocenters. The molecule has 0 fully saturated rings. The molecule has 0 saturated carbocycles. The van der Waals surface area contributed by atoms with E-state index in [0.717, 1.165) is 37.8 Å². The number of hydrogen-bond acceptors (Lipinski definition) is 2. The van der Waals surface area contributed by atoms with Gasteiger partial charge in [0.25, 0.3) is 0 Å². The average molecular weight is 466 g/mol. The highest BCUT2D eigenvalue weighted by molar-refractivity contribution is 14.0. The van der Waals surface area contributed by atoms with Crippen LogP contribution in [-0.2, 0) is 13.6 Å². The van der Waals surface area contributed by atoms with Crippen molar-refractivity contribution in [2.45, 2.75) is 13.0 Å². The molecule has 1 aliphatic rings. The summed E-state index contributed by atoms with van der Waals surface area (Å²) in [5.74, 6) is 1.85. The van der Waals surface area contributed by atoms with Gasteiger partial charge < -0.3 is 19.5 Å². The molecule has 3 rings (SSSR count). The van der Waals surface area contributed by atoms with Gasteiger partial charge in [-0.3, -0.25) is 4.99 Å².